The van der Waals surface area contributed by atoms with E-state index in [0.29, 0.717) is 22.3 Å². The van der Waals surface area contributed by atoms with E-state index in [-0.39, 0.29) is 6.61 Å². The number of unbranched alkanes of at least 4 members (excludes halogenated alkanes) is 1. The number of terminal acetylenes is 1. The van der Waals surface area contributed by atoms with Crippen LogP contribution in [0, 0.1) is 12.3 Å². The Morgan fingerprint density at radius 3 is 2.89 bits per heavy atom. The average Bonchev–Trinajstić information content (AvgIpc) is 2.37. The molecule has 0 radical (unpaired) electrons. The average molecular weight is 302 g/mol. The molecule has 0 amide bonds. The molecular formula is C14H17Cl2NO2. The van der Waals surface area contributed by atoms with Crippen molar-refractivity contribution in [1.29, 1.82) is 0 Å². The first-order valence-electron chi connectivity index (χ1n) is 6.03. The van der Waals surface area contributed by atoms with Crippen LogP contribution in [-0.2, 0) is 0 Å². The van der Waals surface area contributed by atoms with Crippen molar-refractivity contribution in [2.24, 2.45) is 0 Å². The van der Waals surface area contributed by atoms with Gasteiger partial charge in [0.2, 0.25) is 0 Å². The van der Waals surface area contributed by atoms with Gasteiger partial charge in [-0.2, -0.15) is 0 Å². The summed E-state index contributed by atoms with van der Waals surface area (Å²) in [7, 11) is 0. The Morgan fingerprint density at radius 1 is 1.42 bits per heavy atom. The third kappa shape index (κ3) is 6.70. The SMILES string of the molecule is C#CCCCNCC(O)COc1ccc(Cl)cc1Cl. The van der Waals surface area contributed by atoms with E-state index in [2.05, 4.69) is 11.2 Å². The molecule has 0 spiro atoms. The lowest BCUT2D eigenvalue weighted by molar-refractivity contribution is 0.106. The van der Waals surface area contributed by atoms with E-state index in [1.54, 1.807) is 18.2 Å². The van der Waals surface area contributed by atoms with Gasteiger partial charge in [0.05, 0.1) is 5.02 Å². The topological polar surface area (TPSA) is 41.5 Å². The van der Waals surface area contributed by atoms with Gasteiger partial charge in [-0.3, -0.25) is 0 Å². The molecule has 0 aromatic heterocycles. The highest BCUT2D eigenvalue weighted by molar-refractivity contribution is 6.35. The maximum atomic E-state index is 9.72. The summed E-state index contributed by atoms with van der Waals surface area (Å²) < 4.78 is 5.42. The maximum Gasteiger partial charge on any atom is 0.138 e. The number of nitrogens with one attached hydrogen (secondary N) is 1. The number of hydrogen-bond acceptors (Lipinski definition) is 3. The number of aliphatic hydroxyl groups excluding tert-OH is 1. The van der Waals surface area contributed by atoms with Crippen LogP contribution < -0.4 is 10.1 Å². The number of hydrogen-bond donors (Lipinski definition) is 2. The molecule has 0 saturated heterocycles. The Bertz CT molecular complexity index is 432. The Hall–Kier alpha value is -0.920. The third-order valence-corrected chi connectivity index (χ3v) is 2.91. The van der Waals surface area contributed by atoms with Gasteiger partial charge in [-0.15, -0.1) is 12.3 Å². The van der Waals surface area contributed by atoms with Gasteiger partial charge in [0.15, 0.2) is 0 Å². The molecule has 0 aliphatic rings. The van der Waals surface area contributed by atoms with Crippen LogP contribution >= 0.6 is 23.2 Å². The Labute approximate surface area is 123 Å². The van der Waals surface area contributed by atoms with Crippen molar-refractivity contribution in [3.05, 3.63) is 28.2 Å². The third-order valence-electron chi connectivity index (χ3n) is 2.38. The van der Waals surface area contributed by atoms with Crippen LogP contribution in [0.25, 0.3) is 0 Å². The highest BCUT2D eigenvalue weighted by Crippen LogP contribution is 2.27. The second kappa shape index (κ2) is 9.06. The zero-order valence-electron chi connectivity index (χ0n) is 10.5. The van der Waals surface area contributed by atoms with Crippen LogP contribution in [0.15, 0.2) is 18.2 Å². The molecule has 19 heavy (non-hydrogen) atoms. The molecule has 0 saturated carbocycles. The Kier molecular flexibility index (Phi) is 7.69. The van der Waals surface area contributed by atoms with E-state index in [9.17, 15) is 5.11 Å². The summed E-state index contributed by atoms with van der Waals surface area (Å²) in [6, 6.07) is 4.97. The van der Waals surface area contributed by atoms with E-state index < -0.39 is 6.10 Å². The summed E-state index contributed by atoms with van der Waals surface area (Å²) in [5, 5.41) is 13.8. The number of aliphatic hydroxyl groups is 1. The van der Waals surface area contributed by atoms with E-state index in [1.807, 2.05) is 0 Å². The molecule has 1 unspecified atom stereocenters. The lowest BCUT2D eigenvalue weighted by atomic mass is 10.3. The van der Waals surface area contributed by atoms with Gasteiger partial charge < -0.3 is 15.2 Å². The van der Waals surface area contributed by atoms with Crippen molar-refractivity contribution in [3.8, 4) is 18.1 Å². The Balaban J connectivity index is 2.22. The van der Waals surface area contributed by atoms with Crippen LogP contribution in [-0.4, -0.2) is 30.9 Å². The van der Waals surface area contributed by atoms with Crippen molar-refractivity contribution in [2.75, 3.05) is 19.7 Å². The predicted octanol–water partition coefficient (Wildman–Crippen LogP) is 2.74. The lowest BCUT2D eigenvalue weighted by Crippen LogP contribution is -2.32. The fourth-order valence-electron chi connectivity index (χ4n) is 1.42. The zero-order chi connectivity index (χ0) is 14.1. The number of rotatable bonds is 8. The zero-order valence-corrected chi connectivity index (χ0v) is 12.0. The first-order chi connectivity index (χ1) is 9.13. The maximum absolute atomic E-state index is 9.72. The molecule has 0 aliphatic carbocycles. The fourth-order valence-corrected chi connectivity index (χ4v) is 1.88. The number of benzene rings is 1. The van der Waals surface area contributed by atoms with Crippen molar-refractivity contribution < 1.29 is 9.84 Å². The molecule has 1 rings (SSSR count). The molecule has 0 aliphatic heterocycles. The standard InChI is InChI=1S/C14H17Cl2NO2/c1-2-3-4-7-17-9-12(18)10-19-14-6-5-11(15)8-13(14)16/h1,5-6,8,12,17-18H,3-4,7,9-10H2. The van der Waals surface area contributed by atoms with Gasteiger partial charge in [-0.25, -0.2) is 0 Å². The highest BCUT2D eigenvalue weighted by atomic mass is 35.5. The minimum atomic E-state index is -0.599. The van der Waals surface area contributed by atoms with E-state index in [4.69, 9.17) is 34.4 Å². The molecule has 1 aromatic carbocycles. The molecule has 1 aromatic rings. The summed E-state index contributed by atoms with van der Waals surface area (Å²) in [6.45, 7) is 1.40. The fraction of sp³-hybridized carbons (Fsp3) is 0.429. The molecule has 0 bridgehead atoms. The van der Waals surface area contributed by atoms with Crippen LogP contribution in [0.3, 0.4) is 0 Å². The molecule has 3 nitrogen and oxygen atoms in total. The van der Waals surface area contributed by atoms with Crippen LogP contribution in [0.2, 0.25) is 10.0 Å². The van der Waals surface area contributed by atoms with Crippen LogP contribution in [0.1, 0.15) is 12.8 Å². The lowest BCUT2D eigenvalue weighted by Gasteiger charge is -2.14. The van der Waals surface area contributed by atoms with Gasteiger partial charge in [0, 0.05) is 18.0 Å². The molecular weight excluding hydrogens is 285 g/mol. The van der Waals surface area contributed by atoms with Crippen LogP contribution in [0.4, 0.5) is 0 Å². The molecule has 0 fully saturated rings. The van der Waals surface area contributed by atoms with E-state index in [1.165, 1.54) is 0 Å². The largest absolute Gasteiger partial charge is 0.489 e. The monoisotopic (exact) mass is 301 g/mol. The van der Waals surface area contributed by atoms with Crippen molar-refractivity contribution >= 4 is 23.2 Å². The first kappa shape index (κ1) is 16.1. The second-order valence-electron chi connectivity index (χ2n) is 4.05. The minimum absolute atomic E-state index is 0.170. The summed E-state index contributed by atoms with van der Waals surface area (Å²) in [4.78, 5) is 0. The highest BCUT2D eigenvalue weighted by Gasteiger charge is 2.07. The Morgan fingerprint density at radius 2 is 2.21 bits per heavy atom. The molecule has 1 atom stereocenters. The van der Waals surface area contributed by atoms with E-state index in [0.717, 1.165) is 19.4 Å². The number of ether oxygens (including phenoxy) is 1. The van der Waals surface area contributed by atoms with Gasteiger partial charge in [-0.1, -0.05) is 23.2 Å². The van der Waals surface area contributed by atoms with Crippen molar-refractivity contribution in [3.63, 3.8) is 0 Å². The van der Waals surface area contributed by atoms with Gasteiger partial charge in [-0.05, 0) is 31.2 Å². The van der Waals surface area contributed by atoms with Gasteiger partial charge in [0.1, 0.15) is 18.5 Å². The molecule has 0 heterocycles. The van der Waals surface area contributed by atoms with Gasteiger partial charge >= 0.3 is 0 Å². The number of halogens is 2. The van der Waals surface area contributed by atoms with Crippen molar-refractivity contribution in [1.82, 2.24) is 5.32 Å². The quantitative estimate of drug-likeness (QED) is 0.573. The molecule has 104 valence electrons. The summed E-state index contributed by atoms with van der Waals surface area (Å²) >= 11 is 11.7. The summed E-state index contributed by atoms with van der Waals surface area (Å²) in [5.74, 6) is 3.07. The smallest absolute Gasteiger partial charge is 0.138 e. The molecule has 2 N–H and O–H groups in total. The summed E-state index contributed by atoms with van der Waals surface area (Å²) in [6.07, 6.45) is 6.17. The van der Waals surface area contributed by atoms with E-state index >= 15 is 0 Å². The van der Waals surface area contributed by atoms with Gasteiger partial charge in [0.25, 0.3) is 0 Å². The van der Waals surface area contributed by atoms with Crippen molar-refractivity contribution in [2.45, 2.75) is 18.9 Å². The summed E-state index contributed by atoms with van der Waals surface area (Å²) in [5.41, 5.74) is 0. The van der Waals surface area contributed by atoms with Crippen LogP contribution in [0.5, 0.6) is 5.75 Å². The molecule has 5 heteroatoms. The predicted molar refractivity (Wildman–Crippen MR) is 78.9 cm³/mol. The normalized spacial score (nSPS) is 11.9. The first-order valence-corrected chi connectivity index (χ1v) is 6.79. The second-order valence-corrected chi connectivity index (χ2v) is 4.90. The minimum Gasteiger partial charge on any atom is -0.489 e.